The Morgan fingerprint density at radius 2 is 0.657 bits per heavy atom. The Labute approximate surface area is 598 Å². The van der Waals surface area contributed by atoms with Gasteiger partial charge in [0, 0.05) is 59.6 Å². The van der Waals surface area contributed by atoms with Gasteiger partial charge in [0.25, 0.3) is 0 Å². The molecule has 3 heterocycles. The van der Waals surface area contributed by atoms with Crippen LogP contribution in [-0.4, -0.2) is 94.1 Å². The maximum absolute atomic E-state index is 13.6. The maximum Gasteiger partial charge on any atom is 0.323 e. The van der Waals surface area contributed by atoms with E-state index in [9.17, 15) is 51.8 Å². The number of carboxylic acid groups (broad SMARTS) is 3. The zero-order valence-corrected chi connectivity index (χ0v) is 59.6. The summed E-state index contributed by atoms with van der Waals surface area (Å²) in [6, 6.07) is 74.2. The average Bonchev–Trinajstić information content (AvgIpc) is 0.777. The molecule has 0 radical (unpaired) electrons. The van der Waals surface area contributed by atoms with E-state index in [0.717, 1.165) is 38.2 Å². The van der Waals surface area contributed by atoms with Crippen LogP contribution in [0.15, 0.2) is 267 Å². The van der Waals surface area contributed by atoms with Crippen molar-refractivity contribution >= 4 is 91.6 Å². The molecule has 538 valence electrons. The van der Waals surface area contributed by atoms with Crippen LogP contribution in [0.25, 0.3) is 0 Å². The molecule has 11 rings (SSSR count). The molecule has 18 nitrogen and oxygen atoms in total. The van der Waals surface area contributed by atoms with Gasteiger partial charge >= 0.3 is 41.8 Å². The van der Waals surface area contributed by atoms with Crippen molar-refractivity contribution in [2.24, 2.45) is 16.7 Å². The first-order chi connectivity index (χ1) is 48.5. The molecule has 3 aliphatic heterocycles. The van der Waals surface area contributed by atoms with Gasteiger partial charge in [0.1, 0.15) is 54.3 Å². The Morgan fingerprint density at radius 3 is 0.931 bits per heavy atom. The second kappa shape index (κ2) is 39.6. The van der Waals surface area contributed by atoms with E-state index in [1.54, 1.807) is 24.3 Å². The molecule has 0 atom stereocenters. The van der Waals surface area contributed by atoms with Crippen LogP contribution < -0.4 is 21.2 Å². The third-order valence-electron chi connectivity index (χ3n) is 17.8. The first kappa shape index (κ1) is 81.4. The smallest absolute Gasteiger partial charge is 0.323 e. The van der Waals surface area contributed by atoms with E-state index in [1.807, 2.05) is 218 Å². The molecule has 8 aromatic rings. The molecule has 3 N–H and O–H groups in total. The number of hydrogen-bond donors (Lipinski definition) is 3. The summed E-state index contributed by atoms with van der Waals surface area (Å²) in [6.45, 7) is 7.55. The molecule has 3 saturated heterocycles. The Bertz CT molecular complexity index is 4070. The lowest BCUT2D eigenvalue weighted by atomic mass is 9.82. The fourth-order valence-corrected chi connectivity index (χ4v) is 21.4. The molecule has 0 aromatic heterocycles. The van der Waals surface area contributed by atoms with Crippen molar-refractivity contribution in [3.63, 3.8) is 0 Å². The van der Waals surface area contributed by atoms with Crippen LogP contribution in [0.5, 0.6) is 0 Å². The van der Waals surface area contributed by atoms with E-state index in [1.165, 1.54) is 11.6 Å². The average molecular weight is 1460 g/mol. The highest BCUT2D eigenvalue weighted by Gasteiger charge is 2.54. The lowest BCUT2D eigenvalue weighted by molar-refractivity contribution is -0.175. The number of esters is 4. The summed E-state index contributed by atoms with van der Waals surface area (Å²) < 4.78 is 72.1. The molecule has 0 unspecified atom stereocenters. The number of carboxylic acids is 3. The Kier molecular flexibility index (Phi) is 31.6. The summed E-state index contributed by atoms with van der Waals surface area (Å²) in [6.07, 6.45) is 2.69. The summed E-state index contributed by atoms with van der Waals surface area (Å²) in [5.41, 5.74) is 0.204. The lowest BCUT2D eigenvalue weighted by Gasteiger charge is -2.36. The van der Waals surface area contributed by atoms with Crippen molar-refractivity contribution in [3.8, 4) is 0 Å². The van der Waals surface area contributed by atoms with Gasteiger partial charge in [-0.2, -0.15) is 0 Å². The van der Waals surface area contributed by atoms with Gasteiger partial charge in [0.15, 0.2) is 18.0 Å². The molecule has 0 saturated carbocycles. The first-order valence-corrected chi connectivity index (χ1v) is 40.9. The number of carbonyl (C=O) groups is 7. The third-order valence-corrected chi connectivity index (χ3v) is 29.5. The largest absolute Gasteiger partial charge is 0.481 e. The van der Waals surface area contributed by atoms with Crippen LogP contribution >= 0.6 is 28.6 Å². The predicted octanol–water partition coefficient (Wildman–Crippen LogP) is 15.4. The number of rotatable bonds is 21. The fourth-order valence-electron chi connectivity index (χ4n) is 11.4. The van der Waals surface area contributed by atoms with Crippen LogP contribution in [-0.2, 0) is 97.2 Å². The minimum Gasteiger partial charge on any atom is -0.481 e. The predicted molar refractivity (Wildman–Crippen MR) is 402 cm³/mol. The van der Waals surface area contributed by atoms with E-state index in [0.29, 0.717) is 30.5 Å². The summed E-state index contributed by atoms with van der Waals surface area (Å²) in [7, 11) is -10.2. The summed E-state index contributed by atoms with van der Waals surface area (Å²) in [5, 5.41) is 30.3. The quantitative estimate of drug-likeness (QED) is 0.0261. The fraction of sp³-hybridized carbons (Fsp3) is 0.263. The van der Waals surface area contributed by atoms with Gasteiger partial charge in [-0.05, 0) is 72.4 Å². The molecule has 102 heavy (non-hydrogen) atoms. The van der Waals surface area contributed by atoms with Crippen LogP contribution in [0, 0.1) is 16.7 Å². The summed E-state index contributed by atoms with van der Waals surface area (Å²) in [5.74, 6) is -3.17. The van der Waals surface area contributed by atoms with Crippen LogP contribution in [0.2, 0.25) is 0 Å². The van der Waals surface area contributed by atoms with Crippen molar-refractivity contribution in [3.05, 3.63) is 290 Å². The normalized spacial score (nSPS) is 17.2. The third kappa shape index (κ3) is 23.2. The van der Waals surface area contributed by atoms with Crippen molar-refractivity contribution in [2.45, 2.75) is 78.8 Å². The zero-order chi connectivity index (χ0) is 72.8. The van der Waals surface area contributed by atoms with E-state index in [2.05, 4.69) is 13.2 Å². The topological polar surface area (TPSA) is 285 Å². The maximum atomic E-state index is 13.6. The van der Waals surface area contributed by atoms with E-state index >= 15 is 0 Å². The van der Waals surface area contributed by atoms with Gasteiger partial charge in [-0.3, -0.25) is 33.6 Å². The molecule has 8 aromatic carbocycles. The van der Waals surface area contributed by atoms with Crippen molar-refractivity contribution in [2.75, 3.05) is 37.0 Å². The van der Waals surface area contributed by atoms with Crippen molar-refractivity contribution < 1.29 is 87.5 Å². The summed E-state index contributed by atoms with van der Waals surface area (Å²) in [4.78, 5) is 82.8. The van der Waals surface area contributed by atoms with E-state index in [4.69, 9.17) is 34.3 Å². The van der Waals surface area contributed by atoms with E-state index in [-0.39, 0.29) is 98.0 Å². The van der Waals surface area contributed by atoms with Gasteiger partial charge in [0.2, 0.25) is 0 Å². The number of benzene rings is 8. The van der Waals surface area contributed by atoms with Gasteiger partial charge in [-0.1, -0.05) is 263 Å². The molecular formula is C80H90O18P4. The number of ether oxygens (including phenoxy) is 4. The number of hydrogen-bond acceptors (Lipinski definition) is 15. The van der Waals surface area contributed by atoms with Gasteiger partial charge in [-0.15, -0.1) is 0 Å². The Balaban J connectivity index is 0.000000240. The molecule has 0 spiro atoms. The minimum absolute atomic E-state index is 0. The zero-order valence-electron chi connectivity index (χ0n) is 56.0. The lowest BCUT2D eigenvalue weighted by Crippen LogP contribution is -2.46. The second-order valence-electron chi connectivity index (χ2n) is 24.4. The number of aliphatic carboxylic acids is 3. The van der Waals surface area contributed by atoms with Crippen LogP contribution in [0.3, 0.4) is 0 Å². The molecule has 22 heteroatoms. The highest BCUT2D eigenvalue weighted by molar-refractivity contribution is 7.77. The molecule has 0 aliphatic carbocycles. The standard InChI is InChI=1S/C27H27O5P.C17H16O4.C13H15O5P.C12H15O3P.C10H11OP.CH4.H2/c28-25(31-20-22-10-4-1-5-11-22)27(26(29)32-21-23-12-6-2-7-13-23)16-18-33(30,19-17-27)24-14-8-3-9-15-24;18-16(20-12-14-7-3-1-4-8-14)11-17(19)21-13-15-9-5-2-6-10-15;14-11(15)13(12(16)17)6-8-19(18,9-7-13)10-4-2-1-3-5-10;13-12(14)10-6-8-16(15,9-7-10)11-4-2-1-3-5-11;1-3-12(11,4-2)10-8-6-5-7-9-10;;/h1-15H,16-21H2;1-10H,11-13H2;1-5H,6-9H2,(H,14,15)(H,16,17);1-5,10H,6-9H2,(H,13,14);3-9H,1-2H2;1H4;1H. The van der Waals surface area contributed by atoms with Crippen LogP contribution in [0.1, 0.15) is 76.1 Å². The van der Waals surface area contributed by atoms with Crippen LogP contribution in [0.4, 0.5) is 0 Å². The van der Waals surface area contributed by atoms with Gasteiger partial charge in [0.05, 0.1) is 5.92 Å². The second-order valence-corrected chi connectivity index (χ2v) is 36.6. The monoisotopic (exact) mass is 1460 g/mol. The van der Waals surface area contributed by atoms with Crippen molar-refractivity contribution in [1.82, 2.24) is 0 Å². The molecule has 0 bridgehead atoms. The molecule has 3 aliphatic rings. The summed E-state index contributed by atoms with van der Waals surface area (Å²) >= 11 is 0. The molecular weight excluding hydrogens is 1370 g/mol. The van der Waals surface area contributed by atoms with Crippen molar-refractivity contribution in [1.29, 1.82) is 0 Å². The molecule has 0 amide bonds. The SMILES string of the molecule is C.C=CP(=O)(C=C)c1ccccc1.O=C(CC(=O)OCc1ccccc1)OCc1ccccc1.O=C(O)C1(C(=O)O)CCP(=O)(c2ccccc2)CC1.O=C(O)C1CCP(=O)(c2ccccc2)CC1.O=C(OCc1ccccc1)C1(C(=O)OCc2ccccc2)CCP(=O)(c2ccccc2)CC1.[HH]. The highest BCUT2D eigenvalue weighted by Crippen LogP contribution is 2.56. The first-order valence-electron chi connectivity index (χ1n) is 32.9. The van der Waals surface area contributed by atoms with E-state index < -0.39 is 81.2 Å². The minimum atomic E-state index is -2.69. The molecule has 3 fully saturated rings. The Morgan fingerprint density at radius 1 is 0.402 bits per heavy atom. The van der Waals surface area contributed by atoms with Gasteiger partial charge < -0.3 is 52.5 Å². The highest BCUT2D eigenvalue weighted by atomic mass is 31.2. The Hall–Kier alpha value is -9.55. The number of carbonyl (C=O) groups excluding carboxylic acids is 4. The van der Waals surface area contributed by atoms with Gasteiger partial charge in [-0.25, -0.2) is 0 Å².